The van der Waals surface area contributed by atoms with Gasteiger partial charge < -0.3 is 9.80 Å². The highest BCUT2D eigenvalue weighted by molar-refractivity contribution is 7.90. The minimum absolute atomic E-state index is 0.262. The second-order valence-electron chi connectivity index (χ2n) is 6.35. The molecule has 0 aliphatic carbocycles. The van der Waals surface area contributed by atoms with Crippen LogP contribution in [0.15, 0.2) is 45.8 Å². The van der Waals surface area contributed by atoms with Gasteiger partial charge in [0.05, 0.1) is 10.6 Å². The lowest BCUT2D eigenvalue weighted by atomic mass is 10.2. The largest absolute Gasteiger partial charge is 0.354 e. The molecule has 4 rings (SSSR count). The molecule has 0 saturated carbocycles. The zero-order chi connectivity index (χ0) is 19.0. The van der Waals surface area contributed by atoms with Crippen molar-refractivity contribution in [2.45, 2.75) is 11.3 Å². The van der Waals surface area contributed by atoms with Crippen molar-refractivity contribution in [3.63, 3.8) is 0 Å². The number of amidine groups is 1. The summed E-state index contributed by atoms with van der Waals surface area (Å²) in [7, 11) is -3.63. The normalized spacial score (nSPS) is 18.4. The molecule has 1 saturated heterocycles. The first-order valence-corrected chi connectivity index (χ1v) is 10.3. The third-order valence-corrected chi connectivity index (χ3v) is 6.26. The van der Waals surface area contributed by atoms with Gasteiger partial charge in [-0.1, -0.05) is 23.7 Å². The number of fused-ring (bicyclic) bond motifs is 1. The lowest BCUT2D eigenvalue weighted by molar-refractivity contribution is 0.449. The fourth-order valence-electron chi connectivity index (χ4n) is 3.38. The first-order chi connectivity index (χ1) is 13.0. The Morgan fingerprint density at radius 1 is 1.11 bits per heavy atom. The van der Waals surface area contributed by atoms with Gasteiger partial charge in [0.15, 0.2) is 5.84 Å². The van der Waals surface area contributed by atoms with E-state index in [9.17, 15) is 8.42 Å². The van der Waals surface area contributed by atoms with E-state index < -0.39 is 10.0 Å². The molecule has 2 aromatic rings. The molecule has 0 N–H and O–H groups in total. The Morgan fingerprint density at radius 3 is 2.63 bits per heavy atom. The maximum atomic E-state index is 12.3. The molecule has 0 unspecified atom stereocenters. The van der Waals surface area contributed by atoms with Crippen molar-refractivity contribution >= 4 is 33.3 Å². The SMILES string of the molecule is N#Cc1cnc(N2CCCN(C3=NS(=O)(=O)c4ccccc43)CC2)c(Cl)c1. The van der Waals surface area contributed by atoms with E-state index in [-0.39, 0.29) is 4.90 Å². The highest BCUT2D eigenvalue weighted by Crippen LogP contribution is 2.29. The van der Waals surface area contributed by atoms with Gasteiger partial charge in [-0.05, 0) is 24.6 Å². The highest BCUT2D eigenvalue weighted by atomic mass is 35.5. The van der Waals surface area contributed by atoms with E-state index in [2.05, 4.69) is 14.3 Å². The first kappa shape index (κ1) is 17.8. The summed E-state index contributed by atoms with van der Waals surface area (Å²) in [5, 5.41) is 9.39. The van der Waals surface area contributed by atoms with Crippen LogP contribution in [0.3, 0.4) is 0 Å². The van der Waals surface area contributed by atoms with Crippen molar-refractivity contribution in [3.8, 4) is 6.07 Å². The second kappa shape index (κ2) is 6.83. The quantitative estimate of drug-likeness (QED) is 0.728. The molecule has 0 spiro atoms. The van der Waals surface area contributed by atoms with E-state index in [1.165, 1.54) is 6.20 Å². The zero-order valence-corrected chi connectivity index (χ0v) is 15.9. The van der Waals surface area contributed by atoms with Crippen LogP contribution in [-0.4, -0.2) is 50.3 Å². The summed E-state index contributed by atoms with van der Waals surface area (Å²) in [5.74, 6) is 1.14. The summed E-state index contributed by atoms with van der Waals surface area (Å²) < 4.78 is 28.6. The minimum atomic E-state index is -3.63. The molecular weight excluding hydrogens is 386 g/mol. The topological polar surface area (TPSA) is 89.7 Å². The van der Waals surface area contributed by atoms with Crippen LogP contribution < -0.4 is 4.90 Å². The average Bonchev–Trinajstić information content (AvgIpc) is 2.82. The van der Waals surface area contributed by atoms with Crippen LogP contribution in [0.2, 0.25) is 5.02 Å². The molecule has 0 bridgehead atoms. The van der Waals surface area contributed by atoms with Gasteiger partial charge in [0.1, 0.15) is 16.8 Å². The van der Waals surface area contributed by atoms with Crippen LogP contribution in [0.25, 0.3) is 0 Å². The van der Waals surface area contributed by atoms with Crippen molar-refractivity contribution in [1.82, 2.24) is 9.88 Å². The number of hydrogen-bond donors (Lipinski definition) is 0. The third-order valence-electron chi connectivity index (χ3n) is 4.66. The van der Waals surface area contributed by atoms with E-state index in [0.29, 0.717) is 47.4 Å². The summed E-state index contributed by atoms with van der Waals surface area (Å²) in [5.41, 5.74) is 1.07. The summed E-state index contributed by atoms with van der Waals surface area (Å²) in [4.78, 5) is 8.64. The molecule has 2 aliphatic heterocycles. The van der Waals surface area contributed by atoms with Crippen LogP contribution >= 0.6 is 11.6 Å². The van der Waals surface area contributed by atoms with E-state index in [1.807, 2.05) is 17.0 Å². The van der Waals surface area contributed by atoms with E-state index in [1.54, 1.807) is 24.3 Å². The Kier molecular flexibility index (Phi) is 4.50. The Morgan fingerprint density at radius 2 is 1.85 bits per heavy atom. The number of nitrogens with zero attached hydrogens (tertiary/aromatic N) is 5. The number of pyridine rings is 1. The molecule has 0 atom stereocenters. The molecule has 9 heteroatoms. The second-order valence-corrected chi connectivity index (χ2v) is 8.33. The number of aromatic nitrogens is 1. The number of nitriles is 1. The molecule has 3 heterocycles. The van der Waals surface area contributed by atoms with Gasteiger partial charge in [-0.3, -0.25) is 0 Å². The lowest BCUT2D eigenvalue weighted by Gasteiger charge is -2.24. The minimum Gasteiger partial charge on any atom is -0.354 e. The van der Waals surface area contributed by atoms with Gasteiger partial charge in [0.2, 0.25) is 0 Å². The Hall–Kier alpha value is -2.63. The molecule has 1 fully saturated rings. The van der Waals surface area contributed by atoms with Crippen LogP contribution in [0, 0.1) is 11.3 Å². The molecule has 7 nitrogen and oxygen atoms in total. The molecule has 0 amide bonds. The molecule has 1 aromatic heterocycles. The van der Waals surface area contributed by atoms with E-state index in [0.717, 1.165) is 13.0 Å². The van der Waals surface area contributed by atoms with Crippen LogP contribution in [-0.2, 0) is 10.0 Å². The van der Waals surface area contributed by atoms with Crippen molar-refractivity contribution < 1.29 is 8.42 Å². The number of anilines is 1. The van der Waals surface area contributed by atoms with E-state index >= 15 is 0 Å². The fourth-order valence-corrected chi connectivity index (χ4v) is 4.90. The Bertz CT molecular complexity index is 1080. The smallest absolute Gasteiger partial charge is 0.285 e. The number of sulfonamides is 1. The molecular formula is C18H16ClN5O2S. The zero-order valence-electron chi connectivity index (χ0n) is 14.3. The third kappa shape index (κ3) is 3.24. The molecule has 27 heavy (non-hydrogen) atoms. The Balaban J connectivity index is 1.58. The first-order valence-electron chi connectivity index (χ1n) is 8.49. The summed E-state index contributed by atoms with van der Waals surface area (Å²) >= 11 is 6.29. The van der Waals surface area contributed by atoms with Crippen molar-refractivity contribution in [1.29, 1.82) is 5.26 Å². The number of benzene rings is 1. The number of halogens is 1. The summed E-state index contributed by atoms with van der Waals surface area (Å²) in [6.45, 7) is 2.64. The predicted molar refractivity (Wildman–Crippen MR) is 103 cm³/mol. The van der Waals surface area contributed by atoms with Crippen LogP contribution in [0.1, 0.15) is 17.5 Å². The van der Waals surface area contributed by atoms with Crippen molar-refractivity contribution in [3.05, 3.63) is 52.7 Å². The molecule has 2 aliphatic rings. The van der Waals surface area contributed by atoms with E-state index in [4.69, 9.17) is 16.9 Å². The highest BCUT2D eigenvalue weighted by Gasteiger charge is 2.32. The van der Waals surface area contributed by atoms with Gasteiger partial charge in [-0.15, -0.1) is 4.40 Å². The van der Waals surface area contributed by atoms with Crippen LogP contribution in [0.4, 0.5) is 5.82 Å². The maximum absolute atomic E-state index is 12.3. The fraction of sp³-hybridized carbons (Fsp3) is 0.278. The summed E-state index contributed by atoms with van der Waals surface area (Å²) in [6, 6.07) is 10.5. The van der Waals surface area contributed by atoms with Gasteiger partial charge in [-0.2, -0.15) is 13.7 Å². The molecule has 1 aromatic carbocycles. The van der Waals surface area contributed by atoms with Crippen molar-refractivity contribution in [2.24, 2.45) is 4.40 Å². The predicted octanol–water partition coefficient (Wildman–Crippen LogP) is 2.27. The average molecular weight is 402 g/mol. The number of hydrogen-bond acceptors (Lipinski definition) is 6. The molecule has 138 valence electrons. The lowest BCUT2D eigenvalue weighted by Crippen LogP contribution is -2.35. The summed E-state index contributed by atoms with van der Waals surface area (Å²) in [6.07, 6.45) is 2.31. The van der Waals surface area contributed by atoms with Crippen LogP contribution in [0.5, 0.6) is 0 Å². The van der Waals surface area contributed by atoms with Gasteiger partial charge in [0, 0.05) is 37.9 Å². The van der Waals surface area contributed by atoms with Gasteiger partial charge in [0.25, 0.3) is 10.0 Å². The monoisotopic (exact) mass is 401 g/mol. The number of rotatable bonds is 1. The van der Waals surface area contributed by atoms with Gasteiger partial charge in [-0.25, -0.2) is 4.98 Å². The molecule has 0 radical (unpaired) electrons. The van der Waals surface area contributed by atoms with Gasteiger partial charge >= 0.3 is 0 Å². The Labute approximate surface area is 162 Å². The maximum Gasteiger partial charge on any atom is 0.285 e. The standard InChI is InChI=1S/C18H16ClN5O2S/c19-15-10-13(11-20)12-21-18(15)24-7-3-6-23(8-9-24)17-14-4-1-2-5-16(14)27(25,26)22-17/h1-2,4-5,10,12H,3,6-9H2. The van der Waals surface area contributed by atoms with Crippen molar-refractivity contribution in [2.75, 3.05) is 31.1 Å².